The quantitative estimate of drug-likeness (QED) is 0.433. The number of rotatable bonds is 5. The molecule has 1 aromatic heterocycles. The van der Waals surface area contributed by atoms with E-state index in [4.69, 9.17) is 0 Å². The molecule has 36 heavy (non-hydrogen) atoms. The van der Waals surface area contributed by atoms with Crippen molar-refractivity contribution in [1.29, 1.82) is 0 Å². The van der Waals surface area contributed by atoms with E-state index in [1.807, 2.05) is 41.3 Å². The standard InChI is InChI=1S/C28H24F3N3O2/c29-28(30,31)23-13-7-12-21-24(23)32-18-22(27(35)36)26(21)34-16-14-33(15-17-34)25(19-8-3-1-4-9-19)20-10-5-2-6-11-20/h1-13,18,25H,14-17H2,(H,35,36)/p+1. The molecule has 0 aliphatic carbocycles. The predicted octanol–water partition coefficient (Wildman–Crippen LogP) is 4.45. The molecule has 0 saturated carbocycles. The number of aromatic nitrogens is 1. The molecule has 1 fully saturated rings. The van der Waals surface area contributed by atoms with Crippen molar-refractivity contribution in [2.45, 2.75) is 12.2 Å². The number of alkyl halides is 3. The van der Waals surface area contributed by atoms with Gasteiger partial charge in [0.1, 0.15) is 11.6 Å². The maximum absolute atomic E-state index is 13.6. The number of carboxylic acid groups (broad SMARTS) is 1. The lowest BCUT2D eigenvalue weighted by molar-refractivity contribution is -0.926. The molecule has 1 aliphatic heterocycles. The molecule has 0 radical (unpaired) electrons. The Balaban J connectivity index is 1.50. The zero-order valence-corrected chi connectivity index (χ0v) is 19.4. The molecule has 1 aliphatic rings. The fourth-order valence-electron chi connectivity index (χ4n) is 5.20. The van der Waals surface area contributed by atoms with Crippen LogP contribution in [-0.2, 0) is 6.18 Å². The van der Waals surface area contributed by atoms with E-state index in [1.54, 1.807) is 0 Å². The van der Waals surface area contributed by atoms with Crippen LogP contribution in [0.4, 0.5) is 18.9 Å². The van der Waals surface area contributed by atoms with E-state index in [-0.39, 0.29) is 22.5 Å². The Morgan fingerprint density at radius 2 is 1.47 bits per heavy atom. The number of hydrogen-bond donors (Lipinski definition) is 2. The molecule has 5 nitrogen and oxygen atoms in total. The fraction of sp³-hybridized carbons (Fsp3) is 0.214. The summed E-state index contributed by atoms with van der Waals surface area (Å²) in [5.74, 6) is -1.21. The largest absolute Gasteiger partial charge is 0.478 e. The molecule has 0 spiro atoms. The van der Waals surface area contributed by atoms with Crippen LogP contribution in [0.5, 0.6) is 0 Å². The van der Waals surface area contributed by atoms with Crippen molar-refractivity contribution in [2.75, 3.05) is 31.1 Å². The molecule has 8 heteroatoms. The lowest BCUT2D eigenvalue weighted by Gasteiger charge is -2.38. The van der Waals surface area contributed by atoms with Gasteiger partial charge in [-0.2, -0.15) is 13.2 Å². The number of fused-ring (bicyclic) bond motifs is 1. The van der Waals surface area contributed by atoms with Gasteiger partial charge in [-0.15, -0.1) is 0 Å². The molecule has 0 atom stereocenters. The van der Waals surface area contributed by atoms with Gasteiger partial charge in [-0.05, 0) is 6.07 Å². The molecule has 0 amide bonds. The number of para-hydroxylation sites is 1. The van der Waals surface area contributed by atoms with E-state index in [1.165, 1.54) is 28.2 Å². The molecule has 2 N–H and O–H groups in total. The number of quaternary nitrogens is 1. The van der Waals surface area contributed by atoms with E-state index in [9.17, 15) is 23.1 Å². The van der Waals surface area contributed by atoms with E-state index in [2.05, 4.69) is 29.2 Å². The van der Waals surface area contributed by atoms with Crippen molar-refractivity contribution in [3.63, 3.8) is 0 Å². The van der Waals surface area contributed by atoms with Crippen molar-refractivity contribution in [3.8, 4) is 0 Å². The summed E-state index contributed by atoms with van der Waals surface area (Å²) < 4.78 is 40.9. The van der Waals surface area contributed by atoms with Crippen LogP contribution < -0.4 is 9.80 Å². The maximum Gasteiger partial charge on any atom is 0.418 e. The van der Waals surface area contributed by atoms with Gasteiger partial charge in [0.15, 0.2) is 0 Å². The smallest absolute Gasteiger partial charge is 0.418 e. The van der Waals surface area contributed by atoms with Crippen LogP contribution in [0.25, 0.3) is 10.9 Å². The van der Waals surface area contributed by atoms with Gasteiger partial charge in [0.25, 0.3) is 0 Å². The highest BCUT2D eigenvalue weighted by Crippen LogP contribution is 2.38. The number of halogens is 3. The normalized spacial score (nSPS) is 14.9. The average molecular weight is 493 g/mol. The average Bonchev–Trinajstić information content (AvgIpc) is 2.89. The summed E-state index contributed by atoms with van der Waals surface area (Å²) in [6.45, 7) is 2.38. The molecule has 2 heterocycles. The van der Waals surface area contributed by atoms with Crippen LogP contribution in [0, 0.1) is 0 Å². The first kappa shape index (κ1) is 23.8. The summed E-state index contributed by atoms with van der Waals surface area (Å²) in [7, 11) is 0. The summed E-state index contributed by atoms with van der Waals surface area (Å²) in [6.07, 6.45) is -3.54. The van der Waals surface area contributed by atoms with Crippen molar-refractivity contribution in [3.05, 3.63) is 107 Å². The predicted molar refractivity (Wildman–Crippen MR) is 131 cm³/mol. The summed E-state index contributed by atoms with van der Waals surface area (Å²) >= 11 is 0. The van der Waals surface area contributed by atoms with Gasteiger partial charge in [-0.1, -0.05) is 72.8 Å². The van der Waals surface area contributed by atoms with Crippen LogP contribution in [0.3, 0.4) is 0 Å². The van der Waals surface area contributed by atoms with E-state index in [0.29, 0.717) is 31.9 Å². The third-order valence-electron chi connectivity index (χ3n) is 6.80. The number of piperazine rings is 1. The van der Waals surface area contributed by atoms with Gasteiger partial charge in [0.05, 0.1) is 42.9 Å². The Bertz CT molecular complexity index is 1330. The van der Waals surface area contributed by atoms with Crippen molar-refractivity contribution < 1.29 is 28.0 Å². The van der Waals surface area contributed by atoms with E-state index >= 15 is 0 Å². The maximum atomic E-state index is 13.6. The van der Waals surface area contributed by atoms with Gasteiger partial charge >= 0.3 is 12.1 Å². The van der Waals surface area contributed by atoms with Gasteiger partial charge in [-0.3, -0.25) is 4.98 Å². The minimum absolute atomic E-state index is 0.0899. The van der Waals surface area contributed by atoms with Crippen LogP contribution in [0.1, 0.15) is 33.1 Å². The highest BCUT2D eigenvalue weighted by molar-refractivity contribution is 6.05. The summed E-state index contributed by atoms with van der Waals surface area (Å²) in [5, 5.41) is 10.0. The number of pyridine rings is 1. The molecule has 5 rings (SSSR count). The fourth-order valence-corrected chi connectivity index (χ4v) is 5.20. The Morgan fingerprint density at radius 1 is 0.889 bits per heavy atom. The SMILES string of the molecule is O=C(O)c1cnc2c(C(F)(F)F)cccc2c1N1CC[NH+](C(c2ccccc2)c2ccccc2)CC1. The first-order valence-corrected chi connectivity index (χ1v) is 11.8. The topological polar surface area (TPSA) is 57.9 Å². The first-order valence-electron chi connectivity index (χ1n) is 11.8. The number of carbonyl (C=O) groups is 1. The second-order valence-electron chi connectivity index (χ2n) is 8.92. The Kier molecular flexibility index (Phi) is 6.36. The molecular formula is C28H25F3N3O2+. The Labute approximate surface area is 206 Å². The number of anilines is 1. The lowest BCUT2D eigenvalue weighted by Crippen LogP contribution is -3.15. The second kappa shape index (κ2) is 9.62. The van der Waals surface area contributed by atoms with Crippen molar-refractivity contribution in [2.24, 2.45) is 0 Å². The number of nitrogens with zero attached hydrogens (tertiary/aromatic N) is 2. The monoisotopic (exact) mass is 492 g/mol. The Morgan fingerprint density at radius 3 is 2.00 bits per heavy atom. The molecule has 0 bridgehead atoms. The lowest BCUT2D eigenvalue weighted by atomic mass is 9.96. The zero-order valence-electron chi connectivity index (χ0n) is 19.4. The molecule has 184 valence electrons. The summed E-state index contributed by atoms with van der Waals surface area (Å²) in [5.41, 5.74) is 1.48. The summed E-state index contributed by atoms with van der Waals surface area (Å²) in [4.78, 5) is 19.2. The van der Waals surface area contributed by atoms with Gasteiger partial charge in [0.2, 0.25) is 0 Å². The van der Waals surface area contributed by atoms with E-state index in [0.717, 1.165) is 12.3 Å². The van der Waals surface area contributed by atoms with Gasteiger partial charge in [0, 0.05) is 22.7 Å². The number of carboxylic acids is 1. The van der Waals surface area contributed by atoms with Gasteiger partial charge < -0.3 is 14.9 Å². The van der Waals surface area contributed by atoms with Crippen LogP contribution in [0.15, 0.2) is 85.1 Å². The van der Waals surface area contributed by atoms with Crippen molar-refractivity contribution in [1.82, 2.24) is 4.98 Å². The molecule has 1 saturated heterocycles. The van der Waals surface area contributed by atoms with Crippen LogP contribution >= 0.6 is 0 Å². The van der Waals surface area contributed by atoms with Crippen molar-refractivity contribution >= 4 is 22.6 Å². The number of benzene rings is 3. The minimum Gasteiger partial charge on any atom is -0.478 e. The summed E-state index contributed by atoms with van der Waals surface area (Å²) in [6, 6.07) is 24.4. The minimum atomic E-state index is -4.59. The molecule has 4 aromatic rings. The van der Waals surface area contributed by atoms with Crippen LogP contribution in [0.2, 0.25) is 0 Å². The molecule has 3 aromatic carbocycles. The van der Waals surface area contributed by atoms with Crippen LogP contribution in [-0.4, -0.2) is 42.2 Å². The third-order valence-corrected chi connectivity index (χ3v) is 6.80. The second-order valence-corrected chi connectivity index (χ2v) is 8.92. The zero-order chi connectivity index (χ0) is 25.3. The van der Waals surface area contributed by atoms with Gasteiger partial charge in [-0.25, -0.2) is 4.79 Å². The highest BCUT2D eigenvalue weighted by Gasteiger charge is 2.36. The number of aromatic carboxylic acids is 1. The first-order chi connectivity index (χ1) is 17.3. The molecule has 0 unspecified atom stereocenters. The number of nitrogens with one attached hydrogen (secondary N) is 1. The number of hydrogen-bond acceptors (Lipinski definition) is 3. The Hall–Kier alpha value is -3.91. The molecular weight excluding hydrogens is 467 g/mol. The third kappa shape index (κ3) is 4.52. The van der Waals surface area contributed by atoms with E-state index < -0.39 is 17.7 Å². The highest BCUT2D eigenvalue weighted by atomic mass is 19.4.